The summed E-state index contributed by atoms with van der Waals surface area (Å²) in [6.07, 6.45) is 2.42. The van der Waals surface area contributed by atoms with Crippen molar-refractivity contribution in [2.45, 2.75) is 38.5 Å². The average molecular weight is 605 g/mol. The monoisotopic (exact) mass is 604 g/mol. The lowest BCUT2D eigenvalue weighted by Gasteiger charge is -2.27. The van der Waals surface area contributed by atoms with Crippen LogP contribution in [0.2, 0.25) is 0 Å². The molecule has 5 aromatic rings. The zero-order valence-electron chi connectivity index (χ0n) is 24.6. The topological polar surface area (TPSA) is 108 Å². The van der Waals surface area contributed by atoms with Crippen molar-refractivity contribution in [3.63, 3.8) is 0 Å². The van der Waals surface area contributed by atoms with Crippen LogP contribution in [0.15, 0.2) is 66.7 Å². The van der Waals surface area contributed by atoms with Gasteiger partial charge in [0.05, 0.1) is 60.3 Å². The lowest BCUT2D eigenvalue weighted by molar-refractivity contribution is -0.0589. The number of benzene rings is 3. The molecule has 0 unspecified atom stereocenters. The molecule has 226 valence electrons. The van der Waals surface area contributed by atoms with E-state index in [0.29, 0.717) is 42.3 Å². The standard InChI is InChI=1S/C35H29FN4O5/c1-42-35(41)23-8-10-30-31(16-23)40(19-25-11-13-43-25)32(38-30)17-22-7-9-27(34-26(22)12-14-44-34)29-3-2-4-33(39-29)45-20-24-6-5-21(18-37)15-28(24)36/h2-10,15-16,25H,11-14,17,19-20H2,1H3/t25-/m0/s1. The summed E-state index contributed by atoms with van der Waals surface area (Å²) in [5.41, 5.74) is 6.49. The second-order valence-electron chi connectivity index (χ2n) is 11.0. The number of hydrogen-bond donors (Lipinski definition) is 0. The van der Waals surface area contributed by atoms with Crippen molar-refractivity contribution in [1.82, 2.24) is 14.5 Å². The zero-order chi connectivity index (χ0) is 30.9. The zero-order valence-corrected chi connectivity index (χ0v) is 24.6. The molecule has 0 spiro atoms. The van der Waals surface area contributed by atoms with E-state index in [9.17, 15) is 9.18 Å². The number of hydrogen-bond acceptors (Lipinski definition) is 8. The van der Waals surface area contributed by atoms with Crippen molar-refractivity contribution in [2.24, 2.45) is 0 Å². The van der Waals surface area contributed by atoms with Crippen molar-refractivity contribution in [3.8, 4) is 29.0 Å². The van der Waals surface area contributed by atoms with Crippen LogP contribution in [0.5, 0.6) is 11.6 Å². The Morgan fingerprint density at radius 1 is 1.09 bits per heavy atom. The Labute approximate surface area is 258 Å². The van der Waals surface area contributed by atoms with Gasteiger partial charge >= 0.3 is 5.97 Å². The highest BCUT2D eigenvalue weighted by Gasteiger charge is 2.26. The number of rotatable bonds is 9. The minimum atomic E-state index is -0.496. The Morgan fingerprint density at radius 3 is 2.73 bits per heavy atom. The van der Waals surface area contributed by atoms with E-state index >= 15 is 0 Å². The molecule has 0 aliphatic carbocycles. The van der Waals surface area contributed by atoms with Gasteiger partial charge in [-0.1, -0.05) is 18.2 Å². The molecule has 0 N–H and O–H groups in total. The fourth-order valence-electron chi connectivity index (χ4n) is 5.82. The third-order valence-electron chi connectivity index (χ3n) is 8.29. The molecule has 1 saturated heterocycles. The number of imidazole rings is 1. The van der Waals surface area contributed by atoms with Crippen molar-refractivity contribution >= 4 is 17.0 Å². The van der Waals surface area contributed by atoms with Crippen LogP contribution in [0, 0.1) is 17.1 Å². The molecule has 2 aromatic heterocycles. The van der Waals surface area contributed by atoms with Gasteiger partial charge in [-0.2, -0.15) is 5.26 Å². The van der Waals surface area contributed by atoms with E-state index in [1.807, 2.05) is 36.4 Å². The van der Waals surface area contributed by atoms with Crippen molar-refractivity contribution in [3.05, 3.63) is 106 Å². The second kappa shape index (κ2) is 12.0. The lowest BCUT2D eigenvalue weighted by atomic mass is 9.97. The number of methoxy groups -OCH3 is 1. The van der Waals surface area contributed by atoms with Crippen molar-refractivity contribution in [2.75, 3.05) is 20.3 Å². The number of pyridine rings is 1. The number of nitrogens with zero attached hydrogens (tertiary/aromatic N) is 4. The third-order valence-corrected chi connectivity index (χ3v) is 8.29. The van der Waals surface area contributed by atoms with Gasteiger partial charge in [-0.25, -0.2) is 19.2 Å². The van der Waals surface area contributed by atoms with E-state index in [-0.39, 0.29) is 24.2 Å². The molecule has 0 radical (unpaired) electrons. The maximum Gasteiger partial charge on any atom is 0.337 e. The van der Waals surface area contributed by atoms with Crippen molar-refractivity contribution in [1.29, 1.82) is 5.26 Å². The number of nitriles is 1. The van der Waals surface area contributed by atoms with E-state index in [1.165, 1.54) is 13.2 Å². The molecule has 0 amide bonds. The summed E-state index contributed by atoms with van der Waals surface area (Å²) < 4.78 is 39.2. The van der Waals surface area contributed by atoms with Crippen LogP contribution < -0.4 is 9.47 Å². The number of fused-ring (bicyclic) bond motifs is 2. The highest BCUT2D eigenvalue weighted by atomic mass is 19.1. The molecule has 0 saturated carbocycles. The Bertz CT molecular complexity index is 1980. The Hall–Kier alpha value is -5.27. The highest BCUT2D eigenvalue weighted by molar-refractivity contribution is 5.93. The molecular weight excluding hydrogens is 575 g/mol. The molecule has 45 heavy (non-hydrogen) atoms. The first-order chi connectivity index (χ1) is 22.0. The van der Waals surface area contributed by atoms with Gasteiger partial charge in [0.1, 0.15) is 24.0 Å². The Kier molecular flexibility index (Phi) is 7.61. The van der Waals surface area contributed by atoms with Gasteiger partial charge in [-0.15, -0.1) is 0 Å². The van der Waals surface area contributed by atoms with E-state index in [2.05, 4.69) is 15.6 Å². The highest BCUT2D eigenvalue weighted by Crippen LogP contribution is 2.39. The molecule has 4 heterocycles. The minimum Gasteiger partial charge on any atom is -0.492 e. The Balaban J connectivity index is 1.17. The van der Waals surface area contributed by atoms with Crippen molar-refractivity contribution < 1.29 is 28.1 Å². The van der Waals surface area contributed by atoms with E-state index in [0.717, 1.165) is 58.7 Å². The summed E-state index contributed by atoms with van der Waals surface area (Å²) in [5, 5.41) is 8.98. The summed E-state index contributed by atoms with van der Waals surface area (Å²) >= 11 is 0. The van der Waals surface area contributed by atoms with Crippen LogP contribution >= 0.6 is 0 Å². The fourth-order valence-corrected chi connectivity index (χ4v) is 5.82. The number of halogens is 1. The molecular formula is C35H29FN4O5. The number of carbonyl (C=O) groups is 1. The van der Waals surface area contributed by atoms with E-state index in [4.69, 9.17) is 29.2 Å². The number of esters is 1. The second-order valence-corrected chi connectivity index (χ2v) is 11.0. The number of aromatic nitrogens is 3. The average Bonchev–Trinajstić information content (AvgIpc) is 3.67. The number of carbonyl (C=O) groups excluding carboxylic acids is 1. The SMILES string of the molecule is COC(=O)c1ccc2nc(Cc3ccc(-c4cccc(OCc5ccc(C#N)cc5F)n4)c4c3CCO4)n(C[C@@H]3CCO3)c2c1. The summed E-state index contributed by atoms with van der Waals surface area (Å²) in [7, 11) is 1.38. The minimum absolute atomic E-state index is 0.0183. The van der Waals surface area contributed by atoms with E-state index < -0.39 is 5.82 Å². The summed E-state index contributed by atoms with van der Waals surface area (Å²) in [6.45, 7) is 1.94. The van der Waals surface area contributed by atoms with Crippen LogP contribution in [0.4, 0.5) is 4.39 Å². The fraction of sp³-hybridized carbons (Fsp3) is 0.257. The molecule has 2 aliphatic heterocycles. The molecule has 1 atom stereocenters. The van der Waals surface area contributed by atoms with Crippen LogP contribution in [0.3, 0.4) is 0 Å². The summed E-state index contributed by atoms with van der Waals surface area (Å²) in [5.74, 6) is 1.14. The molecule has 3 aromatic carbocycles. The molecule has 0 bridgehead atoms. The van der Waals surface area contributed by atoms with Gasteiger partial charge in [-0.05, 0) is 54.4 Å². The normalized spacial score (nSPS) is 15.2. The predicted octanol–water partition coefficient (Wildman–Crippen LogP) is 5.79. The van der Waals surface area contributed by atoms with Gasteiger partial charge in [0.25, 0.3) is 0 Å². The quantitative estimate of drug-likeness (QED) is 0.195. The summed E-state index contributed by atoms with van der Waals surface area (Å²) in [4.78, 5) is 21.9. The molecule has 1 fully saturated rings. The lowest BCUT2D eigenvalue weighted by Crippen LogP contribution is -2.31. The van der Waals surface area contributed by atoms with Crippen LogP contribution in [-0.2, 0) is 35.5 Å². The molecule has 9 nitrogen and oxygen atoms in total. The van der Waals surface area contributed by atoms with Crippen LogP contribution in [-0.4, -0.2) is 46.9 Å². The predicted molar refractivity (Wildman–Crippen MR) is 163 cm³/mol. The largest absolute Gasteiger partial charge is 0.492 e. The van der Waals surface area contributed by atoms with Gasteiger partial charge < -0.3 is 23.5 Å². The smallest absolute Gasteiger partial charge is 0.337 e. The van der Waals surface area contributed by atoms with Gasteiger partial charge in [-0.3, -0.25) is 0 Å². The number of ether oxygens (including phenoxy) is 4. The molecule has 7 rings (SSSR count). The van der Waals surface area contributed by atoms with Gasteiger partial charge in [0.2, 0.25) is 5.88 Å². The maximum atomic E-state index is 14.4. The maximum absolute atomic E-state index is 14.4. The molecule has 2 aliphatic rings. The van der Waals surface area contributed by atoms with Gasteiger partial charge in [0, 0.05) is 42.2 Å². The molecule has 10 heteroatoms. The summed E-state index contributed by atoms with van der Waals surface area (Å²) in [6, 6.07) is 21.2. The first-order valence-corrected chi connectivity index (χ1v) is 14.8. The first-order valence-electron chi connectivity index (χ1n) is 14.8. The Morgan fingerprint density at radius 2 is 1.96 bits per heavy atom. The van der Waals surface area contributed by atoms with E-state index in [1.54, 1.807) is 24.3 Å². The van der Waals surface area contributed by atoms with Crippen LogP contribution in [0.25, 0.3) is 22.3 Å². The first kappa shape index (κ1) is 28.5. The third kappa shape index (κ3) is 5.58. The van der Waals surface area contributed by atoms with Gasteiger partial charge in [0.15, 0.2) is 0 Å². The van der Waals surface area contributed by atoms with Crippen LogP contribution in [0.1, 0.15) is 44.9 Å².